The molecule has 140 valence electrons. The van der Waals surface area contributed by atoms with Crippen molar-refractivity contribution in [3.8, 4) is 5.88 Å². The van der Waals surface area contributed by atoms with Crippen LogP contribution in [0.2, 0.25) is 0 Å². The van der Waals surface area contributed by atoms with Crippen LogP contribution in [-0.4, -0.2) is 69.9 Å². The average molecular weight is 359 g/mol. The van der Waals surface area contributed by atoms with Crippen LogP contribution in [0.25, 0.3) is 0 Å². The summed E-state index contributed by atoms with van der Waals surface area (Å²) in [6.45, 7) is 2.36. The number of amides is 1. The van der Waals surface area contributed by atoms with E-state index in [9.17, 15) is 9.90 Å². The number of aliphatic hydroxyl groups is 1. The molecule has 1 unspecified atom stereocenters. The Bertz CT molecular complexity index is 757. The monoisotopic (exact) mass is 359 g/mol. The lowest BCUT2D eigenvalue weighted by Gasteiger charge is -2.20. The Labute approximate surface area is 153 Å². The number of methoxy groups -OCH3 is 1. The van der Waals surface area contributed by atoms with E-state index < -0.39 is 6.10 Å². The zero-order valence-electron chi connectivity index (χ0n) is 15.4. The summed E-state index contributed by atoms with van der Waals surface area (Å²) in [6.07, 6.45) is 1.71. The summed E-state index contributed by atoms with van der Waals surface area (Å²) in [5.74, 6) is 0.417. The van der Waals surface area contributed by atoms with E-state index in [1.165, 1.54) is 6.20 Å². The summed E-state index contributed by atoms with van der Waals surface area (Å²) in [6, 6.07) is 5.31. The van der Waals surface area contributed by atoms with Crippen molar-refractivity contribution in [2.75, 3.05) is 34.3 Å². The maximum absolute atomic E-state index is 12.8. The number of ether oxygens (including phenoxy) is 1. The predicted octanol–water partition coefficient (Wildman–Crippen LogP) is 0.928. The number of nitrogens with zero attached hydrogens (tertiary/aromatic N) is 5. The Kier molecular flexibility index (Phi) is 5.53. The van der Waals surface area contributed by atoms with Crippen LogP contribution in [0.4, 0.5) is 0 Å². The summed E-state index contributed by atoms with van der Waals surface area (Å²) in [7, 11) is 5.36. The van der Waals surface area contributed by atoms with Gasteiger partial charge in [0.1, 0.15) is 6.10 Å². The van der Waals surface area contributed by atoms with E-state index in [1.54, 1.807) is 24.1 Å². The van der Waals surface area contributed by atoms with Crippen molar-refractivity contribution in [3.63, 3.8) is 0 Å². The van der Waals surface area contributed by atoms with Crippen molar-refractivity contribution in [1.29, 1.82) is 0 Å². The van der Waals surface area contributed by atoms with Gasteiger partial charge in [0.05, 0.1) is 30.6 Å². The highest BCUT2D eigenvalue weighted by molar-refractivity contribution is 5.93. The molecule has 0 saturated heterocycles. The van der Waals surface area contributed by atoms with Crippen molar-refractivity contribution in [1.82, 2.24) is 24.6 Å². The molecule has 8 nitrogen and oxygen atoms in total. The Morgan fingerprint density at radius 3 is 2.85 bits per heavy atom. The molecular weight excluding hydrogens is 334 g/mol. The molecule has 1 amide bonds. The fourth-order valence-electron chi connectivity index (χ4n) is 3.07. The van der Waals surface area contributed by atoms with E-state index in [1.807, 2.05) is 29.7 Å². The molecule has 0 bridgehead atoms. The highest BCUT2D eigenvalue weighted by atomic mass is 16.5. The summed E-state index contributed by atoms with van der Waals surface area (Å²) in [4.78, 5) is 20.6. The first-order valence-corrected chi connectivity index (χ1v) is 8.66. The van der Waals surface area contributed by atoms with E-state index in [4.69, 9.17) is 4.74 Å². The van der Waals surface area contributed by atoms with Crippen LogP contribution in [0.3, 0.4) is 0 Å². The van der Waals surface area contributed by atoms with E-state index >= 15 is 0 Å². The normalized spacial score (nSPS) is 15.5. The van der Waals surface area contributed by atoms with Crippen LogP contribution in [0.1, 0.15) is 34.3 Å². The molecule has 0 spiro atoms. The van der Waals surface area contributed by atoms with Gasteiger partial charge >= 0.3 is 0 Å². The van der Waals surface area contributed by atoms with Gasteiger partial charge in [0.2, 0.25) is 5.88 Å². The van der Waals surface area contributed by atoms with Crippen molar-refractivity contribution < 1.29 is 14.6 Å². The third kappa shape index (κ3) is 4.03. The van der Waals surface area contributed by atoms with E-state index in [0.717, 1.165) is 18.7 Å². The highest BCUT2D eigenvalue weighted by Gasteiger charge is 2.23. The average Bonchev–Trinajstić information content (AvgIpc) is 2.92. The first-order valence-electron chi connectivity index (χ1n) is 8.66. The number of fused-ring (bicyclic) bond motifs is 1. The SMILES string of the molecule is COc1ccc(C(=O)N2CCCn3nc(C(O)CN(C)C)cc3C2)cn1. The smallest absolute Gasteiger partial charge is 0.255 e. The van der Waals surface area contributed by atoms with Gasteiger partial charge in [-0.1, -0.05) is 0 Å². The van der Waals surface area contributed by atoms with E-state index in [-0.39, 0.29) is 5.91 Å². The molecule has 0 radical (unpaired) electrons. The quantitative estimate of drug-likeness (QED) is 0.855. The predicted molar refractivity (Wildman–Crippen MR) is 95.9 cm³/mol. The van der Waals surface area contributed by atoms with Crippen LogP contribution in [0, 0.1) is 0 Å². The number of hydrogen-bond donors (Lipinski definition) is 1. The minimum atomic E-state index is -0.639. The Morgan fingerprint density at radius 2 is 2.19 bits per heavy atom. The zero-order valence-corrected chi connectivity index (χ0v) is 15.4. The van der Waals surface area contributed by atoms with Crippen LogP contribution in [-0.2, 0) is 13.1 Å². The summed E-state index contributed by atoms with van der Waals surface area (Å²) >= 11 is 0. The molecular formula is C18H25N5O3. The lowest BCUT2D eigenvalue weighted by atomic mass is 10.2. The first-order chi connectivity index (χ1) is 12.5. The molecule has 8 heteroatoms. The fourth-order valence-corrected chi connectivity index (χ4v) is 3.07. The van der Waals surface area contributed by atoms with Crippen LogP contribution < -0.4 is 4.74 Å². The third-order valence-electron chi connectivity index (χ3n) is 4.39. The molecule has 2 aromatic heterocycles. The van der Waals surface area contributed by atoms with Crippen LogP contribution >= 0.6 is 0 Å². The molecule has 1 aliphatic rings. The van der Waals surface area contributed by atoms with Gasteiger partial charge in [-0.05, 0) is 32.6 Å². The van der Waals surface area contributed by atoms with Crippen LogP contribution in [0.15, 0.2) is 24.4 Å². The second-order valence-electron chi connectivity index (χ2n) is 6.73. The van der Waals surface area contributed by atoms with E-state index in [2.05, 4.69) is 10.1 Å². The zero-order chi connectivity index (χ0) is 18.7. The van der Waals surface area contributed by atoms with Gasteiger partial charge < -0.3 is 19.6 Å². The minimum absolute atomic E-state index is 0.0646. The highest BCUT2D eigenvalue weighted by Crippen LogP contribution is 2.20. The molecule has 0 saturated carbocycles. The van der Waals surface area contributed by atoms with Gasteiger partial charge in [-0.15, -0.1) is 0 Å². The van der Waals surface area contributed by atoms with Gasteiger partial charge in [-0.25, -0.2) is 4.98 Å². The Hall–Kier alpha value is -2.45. The van der Waals surface area contributed by atoms with Gasteiger partial charge in [0.15, 0.2) is 0 Å². The number of hydrogen-bond acceptors (Lipinski definition) is 6. The summed E-state index contributed by atoms with van der Waals surface area (Å²) in [5.41, 5.74) is 2.12. The largest absolute Gasteiger partial charge is 0.481 e. The molecule has 0 fully saturated rings. The molecule has 0 aromatic carbocycles. The van der Waals surface area contributed by atoms with Crippen molar-refractivity contribution in [2.45, 2.75) is 25.6 Å². The van der Waals surface area contributed by atoms with Crippen molar-refractivity contribution in [3.05, 3.63) is 41.3 Å². The Morgan fingerprint density at radius 1 is 1.38 bits per heavy atom. The van der Waals surface area contributed by atoms with Gasteiger partial charge in [-0.2, -0.15) is 5.10 Å². The van der Waals surface area contributed by atoms with Gasteiger partial charge in [-0.3, -0.25) is 9.48 Å². The second kappa shape index (κ2) is 7.84. The van der Waals surface area contributed by atoms with Crippen molar-refractivity contribution >= 4 is 5.91 Å². The van der Waals surface area contributed by atoms with Gasteiger partial charge in [0, 0.05) is 31.9 Å². The fraction of sp³-hybridized carbons (Fsp3) is 0.500. The molecule has 26 heavy (non-hydrogen) atoms. The summed E-state index contributed by atoms with van der Waals surface area (Å²) < 4.78 is 6.94. The number of aryl methyl sites for hydroxylation is 1. The number of carbonyl (C=O) groups is 1. The maximum atomic E-state index is 12.8. The van der Waals surface area contributed by atoms with Gasteiger partial charge in [0.25, 0.3) is 5.91 Å². The molecule has 2 aromatic rings. The third-order valence-corrected chi connectivity index (χ3v) is 4.39. The molecule has 1 aliphatic heterocycles. The second-order valence-corrected chi connectivity index (χ2v) is 6.73. The maximum Gasteiger partial charge on any atom is 0.255 e. The number of carbonyl (C=O) groups excluding carboxylic acids is 1. The lowest BCUT2D eigenvalue weighted by Crippen LogP contribution is -2.30. The first kappa shape index (κ1) is 18.3. The lowest BCUT2D eigenvalue weighted by molar-refractivity contribution is 0.0745. The minimum Gasteiger partial charge on any atom is -0.481 e. The molecule has 0 aliphatic carbocycles. The number of rotatable bonds is 5. The van der Waals surface area contributed by atoms with Crippen molar-refractivity contribution in [2.24, 2.45) is 0 Å². The topological polar surface area (TPSA) is 83.7 Å². The van der Waals surface area contributed by atoms with E-state index in [0.29, 0.717) is 36.8 Å². The van der Waals surface area contributed by atoms with Crippen LogP contribution in [0.5, 0.6) is 5.88 Å². The standard InChI is InChI=1S/C18H25N5O3/c1-21(2)12-16(24)15-9-14-11-22(7-4-8-23(14)20-15)18(25)13-5-6-17(26-3)19-10-13/h5-6,9-10,16,24H,4,7-8,11-12H2,1-3H3. The molecule has 3 heterocycles. The Balaban J connectivity index is 1.76. The molecule has 3 rings (SSSR count). The number of aromatic nitrogens is 3. The number of likely N-dealkylation sites (N-methyl/N-ethyl adjacent to an activating group) is 1. The molecule has 1 N–H and O–H groups in total. The molecule has 1 atom stereocenters. The number of aliphatic hydroxyl groups excluding tert-OH is 1. The number of pyridine rings is 1. The summed E-state index contributed by atoms with van der Waals surface area (Å²) in [5, 5.41) is 14.8.